The van der Waals surface area contributed by atoms with Crippen molar-refractivity contribution >= 4 is 45.2 Å². The Labute approximate surface area is 213 Å². The second-order valence-electron chi connectivity index (χ2n) is 9.19. The van der Waals surface area contributed by atoms with Crippen LogP contribution in [0.25, 0.3) is 21.5 Å². The van der Waals surface area contributed by atoms with Gasteiger partial charge in [0.05, 0.1) is 0 Å². The van der Waals surface area contributed by atoms with Crippen LogP contribution in [-0.4, -0.2) is 8.07 Å². The van der Waals surface area contributed by atoms with Crippen LogP contribution in [0.4, 0.5) is 0 Å². The Kier molecular flexibility index (Phi) is 5.74. The van der Waals surface area contributed by atoms with Gasteiger partial charge in [0, 0.05) is 5.56 Å². The molecule has 0 bridgehead atoms. The Bertz CT molecular complexity index is 1570. The fourth-order valence-corrected chi connectivity index (χ4v) is 9.24. The van der Waals surface area contributed by atoms with Crippen LogP contribution in [0.15, 0.2) is 140 Å². The van der Waals surface area contributed by atoms with E-state index in [1.807, 2.05) is 0 Å². The normalized spacial score (nSPS) is 11.2. The van der Waals surface area contributed by atoms with Crippen molar-refractivity contribution in [1.82, 2.24) is 0 Å². The highest BCUT2D eigenvalue weighted by atomic mass is 28.3. The molecule has 0 saturated carbocycles. The molecule has 6 aromatic carbocycles. The molecular weight excluding hydrogens is 448 g/mol. The molecule has 0 amide bonds. The predicted octanol–water partition coefficient (Wildman–Crippen LogP) is 6.36. The maximum Gasteiger partial charge on any atom is 0.230 e. The fourth-order valence-electron chi connectivity index (χ4n) is 5.42. The molecule has 0 aliphatic rings. The SMILES string of the molecule is Cc1c2ccccc2c(C#C[Si](c2ccccc2)(c2ccccc2)c2ccccc2)c2ccccc12. The van der Waals surface area contributed by atoms with E-state index >= 15 is 0 Å². The van der Waals surface area contributed by atoms with Gasteiger partial charge in [0.25, 0.3) is 0 Å². The van der Waals surface area contributed by atoms with E-state index in [1.54, 1.807) is 0 Å². The van der Waals surface area contributed by atoms with Crippen LogP contribution in [0.2, 0.25) is 0 Å². The molecule has 1 heteroatoms. The van der Waals surface area contributed by atoms with E-state index < -0.39 is 8.07 Å². The van der Waals surface area contributed by atoms with Crippen molar-refractivity contribution in [2.75, 3.05) is 0 Å². The summed E-state index contributed by atoms with van der Waals surface area (Å²) >= 11 is 0. The molecule has 0 unspecified atom stereocenters. The molecule has 0 saturated heterocycles. The molecule has 0 nitrogen and oxygen atoms in total. The van der Waals surface area contributed by atoms with Crippen LogP contribution in [0.1, 0.15) is 11.1 Å². The third-order valence-electron chi connectivity index (χ3n) is 7.20. The van der Waals surface area contributed by atoms with Crippen molar-refractivity contribution in [2.45, 2.75) is 6.92 Å². The van der Waals surface area contributed by atoms with E-state index in [1.165, 1.54) is 42.7 Å². The number of rotatable bonds is 3. The Balaban J connectivity index is 1.74. The minimum Gasteiger partial charge on any atom is -0.109 e. The van der Waals surface area contributed by atoms with Crippen LogP contribution in [-0.2, 0) is 0 Å². The van der Waals surface area contributed by atoms with Crippen molar-refractivity contribution in [3.63, 3.8) is 0 Å². The molecular formula is C35H26Si. The molecule has 0 radical (unpaired) electrons. The molecule has 0 atom stereocenters. The maximum absolute atomic E-state index is 3.99. The monoisotopic (exact) mass is 474 g/mol. The number of fused-ring (bicyclic) bond motifs is 2. The Morgan fingerprint density at radius 1 is 0.417 bits per heavy atom. The Morgan fingerprint density at radius 2 is 0.750 bits per heavy atom. The lowest BCUT2D eigenvalue weighted by atomic mass is 9.93. The molecule has 0 fully saturated rings. The summed E-state index contributed by atoms with van der Waals surface area (Å²) in [4.78, 5) is 0. The van der Waals surface area contributed by atoms with Crippen molar-refractivity contribution in [1.29, 1.82) is 0 Å². The molecule has 6 aromatic rings. The second kappa shape index (κ2) is 9.34. The number of aryl methyl sites for hydroxylation is 1. The average Bonchev–Trinajstić information content (AvgIpc) is 2.96. The molecule has 170 valence electrons. The minimum atomic E-state index is -2.66. The number of hydrogen-bond donors (Lipinski definition) is 0. The highest BCUT2D eigenvalue weighted by molar-refractivity contribution is 7.16. The van der Waals surface area contributed by atoms with E-state index in [9.17, 15) is 0 Å². The molecule has 0 spiro atoms. The van der Waals surface area contributed by atoms with Crippen molar-refractivity contribution < 1.29 is 0 Å². The summed E-state index contributed by atoms with van der Waals surface area (Å²) in [6.07, 6.45) is 0. The molecule has 6 rings (SSSR count). The van der Waals surface area contributed by atoms with Crippen LogP contribution in [0.3, 0.4) is 0 Å². The molecule has 0 N–H and O–H groups in total. The highest BCUT2D eigenvalue weighted by Crippen LogP contribution is 2.32. The van der Waals surface area contributed by atoms with Crippen molar-refractivity contribution in [3.8, 4) is 11.5 Å². The van der Waals surface area contributed by atoms with E-state index in [0.717, 1.165) is 5.56 Å². The van der Waals surface area contributed by atoms with Gasteiger partial charge in [0.1, 0.15) is 0 Å². The largest absolute Gasteiger partial charge is 0.230 e. The zero-order chi connectivity index (χ0) is 24.4. The maximum atomic E-state index is 3.99. The Morgan fingerprint density at radius 3 is 1.14 bits per heavy atom. The van der Waals surface area contributed by atoms with Gasteiger partial charge in [-0.05, 0) is 49.6 Å². The standard InChI is InChI=1S/C35H26Si/c1-27-31-21-11-13-23-33(31)35(34-24-14-12-22-32(27)34)25-26-36(28-15-5-2-6-16-28,29-17-7-3-8-18-29)30-19-9-4-10-20-30/h2-24H,1H3. The lowest BCUT2D eigenvalue weighted by Crippen LogP contribution is -2.66. The first-order chi connectivity index (χ1) is 17.8. The quantitative estimate of drug-likeness (QED) is 0.121. The van der Waals surface area contributed by atoms with Crippen molar-refractivity contribution in [3.05, 3.63) is 151 Å². The zero-order valence-corrected chi connectivity index (χ0v) is 21.3. The lowest BCUT2D eigenvalue weighted by molar-refractivity contribution is 1.57. The average molecular weight is 475 g/mol. The predicted molar refractivity (Wildman–Crippen MR) is 157 cm³/mol. The van der Waals surface area contributed by atoms with E-state index in [0.29, 0.717) is 0 Å². The summed E-state index contributed by atoms with van der Waals surface area (Å²) in [6.45, 7) is 2.22. The van der Waals surface area contributed by atoms with E-state index in [2.05, 4.69) is 158 Å². The summed E-state index contributed by atoms with van der Waals surface area (Å²) in [7, 11) is -2.66. The van der Waals surface area contributed by atoms with Gasteiger partial charge in [0.2, 0.25) is 8.07 Å². The van der Waals surface area contributed by atoms with Crippen LogP contribution in [0, 0.1) is 18.4 Å². The summed E-state index contributed by atoms with van der Waals surface area (Å²) in [6, 6.07) is 50.0. The molecule has 36 heavy (non-hydrogen) atoms. The molecule has 0 aromatic heterocycles. The smallest absolute Gasteiger partial charge is 0.109 e. The van der Waals surface area contributed by atoms with Crippen LogP contribution >= 0.6 is 0 Å². The second-order valence-corrected chi connectivity index (χ2v) is 12.7. The van der Waals surface area contributed by atoms with Crippen molar-refractivity contribution in [2.24, 2.45) is 0 Å². The summed E-state index contributed by atoms with van der Waals surface area (Å²) < 4.78 is 0. The summed E-state index contributed by atoms with van der Waals surface area (Å²) in [5.41, 5.74) is 6.42. The molecule has 0 heterocycles. The van der Waals surface area contributed by atoms with Gasteiger partial charge in [0.15, 0.2) is 0 Å². The third-order valence-corrected chi connectivity index (χ3v) is 11.3. The van der Waals surface area contributed by atoms with Crippen LogP contribution in [0.5, 0.6) is 0 Å². The summed E-state index contributed by atoms with van der Waals surface area (Å²) in [5, 5.41) is 8.89. The third kappa shape index (κ3) is 3.64. The first-order valence-corrected chi connectivity index (χ1v) is 14.4. The van der Waals surface area contributed by atoms with Gasteiger partial charge >= 0.3 is 0 Å². The fraction of sp³-hybridized carbons (Fsp3) is 0.0286. The van der Waals surface area contributed by atoms with E-state index in [-0.39, 0.29) is 0 Å². The minimum absolute atomic E-state index is 1.12. The van der Waals surface area contributed by atoms with Gasteiger partial charge in [-0.2, -0.15) is 0 Å². The van der Waals surface area contributed by atoms with E-state index in [4.69, 9.17) is 0 Å². The highest BCUT2D eigenvalue weighted by Gasteiger charge is 2.38. The number of hydrogen-bond acceptors (Lipinski definition) is 0. The first-order valence-electron chi connectivity index (χ1n) is 12.4. The molecule has 0 aliphatic carbocycles. The first kappa shape index (κ1) is 22.1. The van der Waals surface area contributed by atoms with Gasteiger partial charge in [-0.15, -0.1) is 5.54 Å². The van der Waals surface area contributed by atoms with Gasteiger partial charge in [-0.1, -0.05) is 145 Å². The topological polar surface area (TPSA) is 0 Å². The zero-order valence-electron chi connectivity index (χ0n) is 20.3. The summed E-state index contributed by atoms with van der Waals surface area (Å²) in [5.74, 6) is 3.81. The Hall–Kier alpha value is -4.38. The number of benzene rings is 6. The van der Waals surface area contributed by atoms with Gasteiger partial charge in [-0.25, -0.2) is 0 Å². The molecule has 0 aliphatic heterocycles. The van der Waals surface area contributed by atoms with Crippen LogP contribution < -0.4 is 15.6 Å². The lowest BCUT2D eigenvalue weighted by Gasteiger charge is -2.28. The van der Waals surface area contributed by atoms with Gasteiger partial charge in [-0.3, -0.25) is 0 Å². The van der Waals surface area contributed by atoms with Gasteiger partial charge < -0.3 is 0 Å².